The monoisotopic (exact) mass is 367 g/mol. The largest absolute Gasteiger partial charge is 0.347 e. The summed E-state index contributed by atoms with van der Waals surface area (Å²) in [5, 5.41) is 9.03. The third-order valence-corrected chi connectivity index (χ3v) is 5.75. The lowest BCUT2D eigenvalue weighted by Gasteiger charge is -2.03. The minimum absolute atomic E-state index is 0.0201. The lowest BCUT2D eigenvalue weighted by Crippen LogP contribution is -2.12. The number of nitrogens with zero attached hydrogens (tertiary/aromatic N) is 1. The van der Waals surface area contributed by atoms with Crippen LogP contribution in [0.25, 0.3) is 22.6 Å². The minimum atomic E-state index is -3.85. The van der Waals surface area contributed by atoms with Crippen LogP contribution < -0.4 is 10.5 Å². The van der Waals surface area contributed by atoms with Crippen molar-refractivity contribution in [2.45, 2.75) is 11.8 Å². The number of aryl methyl sites for hydroxylation is 1. The Hall–Kier alpha value is -2.90. The van der Waals surface area contributed by atoms with Gasteiger partial charge in [-0.1, -0.05) is 18.2 Å². The predicted octanol–water partition coefficient (Wildman–Crippen LogP) is 2.63. The lowest BCUT2D eigenvalue weighted by molar-refractivity contribution is -0.110. The summed E-state index contributed by atoms with van der Waals surface area (Å²) in [5.74, 6) is -0.265. The number of carbonyl (C=O) groups is 1. The van der Waals surface area contributed by atoms with Gasteiger partial charge >= 0.3 is 0 Å². The summed E-state index contributed by atoms with van der Waals surface area (Å²) in [6, 6.07) is 12.3. The molecule has 132 valence electrons. The first-order chi connectivity index (χ1) is 12.3. The van der Waals surface area contributed by atoms with E-state index in [0.717, 1.165) is 22.2 Å². The van der Waals surface area contributed by atoms with Crippen LogP contribution in [0.5, 0.6) is 0 Å². The highest BCUT2D eigenvalue weighted by Crippen LogP contribution is 2.36. The second-order valence-corrected chi connectivity index (χ2v) is 7.90. The molecule has 0 unspecified atom stereocenters. The van der Waals surface area contributed by atoms with Gasteiger partial charge in [0.2, 0.25) is 10.0 Å². The van der Waals surface area contributed by atoms with E-state index < -0.39 is 10.0 Å². The standard InChI is InChI=1S/C19H17N3O3S/c1-11-14(13-5-3-4-6-18(13)22(11)2)10-16-15-9-12(26(20,24)25)7-8-17(15)21-19(16)23/h3-10H,1-2H3,(H,21,23)(H2,20,24,25)/b16-10+. The van der Waals surface area contributed by atoms with Gasteiger partial charge in [-0.2, -0.15) is 0 Å². The van der Waals surface area contributed by atoms with Crippen LogP contribution >= 0.6 is 0 Å². The molecule has 3 aromatic rings. The molecule has 0 bridgehead atoms. The van der Waals surface area contributed by atoms with E-state index in [-0.39, 0.29) is 10.8 Å². The van der Waals surface area contributed by atoms with Crippen molar-refractivity contribution in [3.63, 3.8) is 0 Å². The summed E-state index contributed by atoms with van der Waals surface area (Å²) < 4.78 is 25.4. The minimum Gasteiger partial charge on any atom is -0.347 e. The van der Waals surface area contributed by atoms with Crippen LogP contribution in [0.2, 0.25) is 0 Å². The Morgan fingerprint density at radius 3 is 2.62 bits per heavy atom. The molecule has 2 aromatic carbocycles. The Labute approximate surface area is 151 Å². The molecular formula is C19H17N3O3S. The van der Waals surface area contributed by atoms with Crippen molar-refractivity contribution in [3.05, 3.63) is 59.3 Å². The molecule has 0 atom stereocenters. The Bertz CT molecular complexity index is 1220. The van der Waals surface area contributed by atoms with Gasteiger partial charge in [0.05, 0.1) is 4.90 Å². The highest BCUT2D eigenvalue weighted by Gasteiger charge is 2.26. The average Bonchev–Trinajstić information content (AvgIpc) is 3.03. The molecular weight excluding hydrogens is 350 g/mol. The van der Waals surface area contributed by atoms with E-state index in [1.807, 2.05) is 44.3 Å². The van der Waals surface area contributed by atoms with Crippen molar-refractivity contribution in [1.29, 1.82) is 0 Å². The van der Waals surface area contributed by atoms with Gasteiger partial charge in [0.25, 0.3) is 5.91 Å². The zero-order valence-corrected chi connectivity index (χ0v) is 15.1. The van der Waals surface area contributed by atoms with Crippen molar-refractivity contribution in [2.24, 2.45) is 12.2 Å². The Morgan fingerprint density at radius 1 is 1.15 bits per heavy atom. The molecule has 1 aliphatic rings. The van der Waals surface area contributed by atoms with Crippen LogP contribution in [0, 0.1) is 6.92 Å². The van der Waals surface area contributed by atoms with Gasteiger partial charge in [0, 0.05) is 46.0 Å². The number of hydrogen-bond acceptors (Lipinski definition) is 3. The highest BCUT2D eigenvalue weighted by molar-refractivity contribution is 7.89. The molecule has 1 amide bonds. The topological polar surface area (TPSA) is 94.2 Å². The molecule has 3 N–H and O–H groups in total. The molecule has 6 nitrogen and oxygen atoms in total. The first-order valence-electron chi connectivity index (χ1n) is 8.01. The number of anilines is 1. The quantitative estimate of drug-likeness (QED) is 0.682. The molecule has 2 heterocycles. The summed E-state index contributed by atoms with van der Waals surface area (Å²) in [5.41, 5.74) is 4.55. The van der Waals surface area contributed by atoms with Crippen LogP contribution in [0.1, 0.15) is 16.8 Å². The van der Waals surface area contributed by atoms with Crippen molar-refractivity contribution in [2.75, 3.05) is 5.32 Å². The van der Waals surface area contributed by atoms with Crippen LogP contribution in [-0.2, 0) is 21.9 Å². The summed E-state index contributed by atoms with van der Waals surface area (Å²) in [6.45, 7) is 1.99. The Morgan fingerprint density at radius 2 is 1.88 bits per heavy atom. The Balaban J connectivity index is 1.96. The third kappa shape index (κ3) is 2.44. The van der Waals surface area contributed by atoms with Crippen LogP contribution in [0.15, 0.2) is 47.4 Å². The van der Waals surface area contributed by atoms with E-state index in [9.17, 15) is 13.2 Å². The van der Waals surface area contributed by atoms with E-state index >= 15 is 0 Å². The molecule has 0 radical (unpaired) electrons. The summed E-state index contributed by atoms with van der Waals surface area (Å²) >= 11 is 0. The van der Waals surface area contributed by atoms with Crippen LogP contribution in [0.4, 0.5) is 5.69 Å². The smallest absolute Gasteiger partial charge is 0.256 e. The number of nitrogens with two attached hydrogens (primary N) is 1. The number of fused-ring (bicyclic) bond motifs is 2. The van der Waals surface area contributed by atoms with Gasteiger partial charge in [0.1, 0.15) is 0 Å². The molecule has 0 spiro atoms. The van der Waals surface area contributed by atoms with E-state index in [4.69, 9.17) is 5.14 Å². The zero-order valence-electron chi connectivity index (χ0n) is 14.3. The molecule has 26 heavy (non-hydrogen) atoms. The first-order valence-corrected chi connectivity index (χ1v) is 9.56. The molecule has 1 aromatic heterocycles. The van der Waals surface area contributed by atoms with E-state index in [1.54, 1.807) is 6.07 Å². The maximum atomic E-state index is 12.5. The van der Waals surface area contributed by atoms with E-state index in [1.165, 1.54) is 12.1 Å². The number of benzene rings is 2. The van der Waals surface area contributed by atoms with Gasteiger partial charge < -0.3 is 9.88 Å². The SMILES string of the molecule is Cc1c(/C=C2/C(=O)Nc3ccc(S(N)(=O)=O)cc32)c2ccccc2n1C. The van der Waals surface area contributed by atoms with E-state index in [0.29, 0.717) is 16.8 Å². The van der Waals surface area contributed by atoms with Gasteiger partial charge in [0.15, 0.2) is 0 Å². The molecule has 1 aliphatic heterocycles. The molecule has 4 rings (SSSR count). The Kier molecular flexibility index (Phi) is 3.54. The number of sulfonamides is 1. The number of nitrogens with one attached hydrogen (secondary N) is 1. The van der Waals surface area contributed by atoms with E-state index in [2.05, 4.69) is 9.88 Å². The maximum absolute atomic E-state index is 12.5. The van der Waals surface area contributed by atoms with Crippen LogP contribution in [-0.4, -0.2) is 18.9 Å². The number of para-hydroxylation sites is 1. The van der Waals surface area contributed by atoms with Gasteiger partial charge in [-0.05, 0) is 37.3 Å². The number of aromatic nitrogens is 1. The fraction of sp³-hybridized carbons (Fsp3) is 0.105. The maximum Gasteiger partial charge on any atom is 0.256 e. The first kappa shape index (κ1) is 16.6. The van der Waals surface area contributed by atoms with Crippen molar-refractivity contribution in [1.82, 2.24) is 4.57 Å². The number of primary sulfonamides is 1. The average molecular weight is 367 g/mol. The van der Waals surface area contributed by atoms with Crippen molar-refractivity contribution >= 4 is 44.2 Å². The number of hydrogen-bond donors (Lipinski definition) is 2. The fourth-order valence-corrected chi connectivity index (χ4v) is 3.90. The highest BCUT2D eigenvalue weighted by atomic mass is 32.2. The molecule has 0 saturated heterocycles. The van der Waals surface area contributed by atoms with Gasteiger partial charge in [-0.3, -0.25) is 4.79 Å². The molecule has 0 saturated carbocycles. The number of carbonyl (C=O) groups excluding carboxylic acids is 1. The number of rotatable bonds is 2. The molecule has 0 fully saturated rings. The van der Waals surface area contributed by atoms with Crippen LogP contribution in [0.3, 0.4) is 0 Å². The second-order valence-electron chi connectivity index (χ2n) is 6.34. The molecule has 0 aliphatic carbocycles. The van der Waals surface area contributed by atoms with Crippen molar-refractivity contribution < 1.29 is 13.2 Å². The van der Waals surface area contributed by atoms with Gasteiger partial charge in [-0.25, -0.2) is 13.6 Å². The third-order valence-electron chi connectivity index (χ3n) is 4.84. The second kappa shape index (κ2) is 5.55. The van der Waals surface area contributed by atoms with Gasteiger partial charge in [-0.15, -0.1) is 0 Å². The lowest BCUT2D eigenvalue weighted by atomic mass is 10.0. The molecule has 7 heteroatoms. The summed E-state index contributed by atoms with van der Waals surface area (Å²) in [6.07, 6.45) is 1.81. The van der Waals surface area contributed by atoms with Crippen molar-refractivity contribution in [3.8, 4) is 0 Å². The summed E-state index contributed by atoms with van der Waals surface area (Å²) in [7, 11) is -1.87. The normalized spacial score (nSPS) is 15.5. The predicted molar refractivity (Wildman–Crippen MR) is 102 cm³/mol. The zero-order chi connectivity index (χ0) is 18.6. The number of amides is 1. The summed E-state index contributed by atoms with van der Waals surface area (Å²) in [4.78, 5) is 12.5. The fourth-order valence-electron chi connectivity index (χ4n) is 3.36.